The summed E-state index contributed by atoms with van der Waals surface area (Å²) in [6, 6.07) is 0.356. The van der Waals surface area contributed by atoms with Crippen molar-refractivity contribution in [1.82, 2.24) is 4.90 Å². The number of aliphatic hydroxyl groups is 1. The Hall–Kier alpha value is -0.160. The third-order valence-corrected chi connectivity index (χ3v) is 3.87. The second-order valence-corrected chi connectivity index (χ2v) is 4.96. The van der Waals surface area contributed by atoms with Gasteiger partial charge in [0.15, 0.2) is 0 Å². The minimum absolute atomic E-state index is 0.151. The molecule has 2 saturated heterocycles. The second kappa shape index (κ2) is 4.78. The van der Waals surface area contributed by atoms with E-state index in [0.29, 0.717) is 12.6 Å². The van der Waals surface area contributed by atoms with E-state index < -0.39 is 0 Å². The molecule has 2 aliphatic rings. The Balaban J connectivity index is 1.94. The van der Waals surface area contributed by atoms with Crippen LogP contribution in [0.2, 0.25) is 0 Å². The number of nitrogens with zero attached hydrogens (tertiary/aromatic N) is 1. The number of ether oxygens (including phenoxy) is 1. The molecule has 2 heterocycles. The maximum Gasteiger partial charge on any atom is 0.0586 e. The molecule has 0 amide bonds. The molecular weight excluding hydrogens is 192 g/mol. The van der Waals surface area contributed by atoms with Crippen molar-refractivity contribution in [1.29, 1.82) is 0 Å². The van der Waals surface area contributed by atoms with Gasteiger partial charge in [-0.25, -0.2) is 0 Å². The van der Waals surface area contributed by atoms with Crippen molar-refractivity contribution in [3.8, 4) is 0 Å². The Morgan fingerprint density at radius 3 is 3.00 bits per heavy atom. The third kappa shape index (κ3) is 2.33. The number of rotatable bonds is 4. The van der Waals surface area contributed by atoms with Gasteiger partial charge >= 0.3 is 0 Å². The number of aliphatic hydroxyl groups excluding tert-OH is 1. The van der Waals surface area contributed by atoms with Gasteiger partial charge in [-0.05, 0) is 25.8 Å². The van der Waals surface area contributed by atoms with Gasteiger partial charge in [0.1, 0.15) is 0 Å². The predicted octanol–water partition coefficient (Wildman–Crippen LogP) is -0.192. The summed E-state index contributed by atoms with van der Waals surface area (Å²) in [7, 11) is 0. The Morgan fingerprint density at radius 2 is 2.40 bits per heavy atom. The molecule has 0 aromatic heterocycles. The molecule has 88 valence electrons. The number of hydrogen-bond acceptors (Lipinski definition) is 4. The van der Waals surface area contributed by atoms with E-state index >= 15 is 0 Å². The van der Waals surface area contributed by atoms with Crippen LogP contribution >= 0.6 is 0 Å². The van der Waals surface area contributed by atoms with Crippen molar-refractivity contribution in [2.45, 2.75) is 25.3 Å². The van der Waals surface area contributed by atoms with Gasteiger partial charge in [-0.1, -0.05) is 0 Å². The molecular formula is C11H22N2O2. The van der Waals surface area contributed by atoms with Gasteiger partial charge in [-0.15, -0.1) is 0 Å². The standard InChI is InChI=1S/C11H22N2O2/c12-7-11(3-5-15-9-11)8-13-4-1-2-10(13)6-14/h10,14H,1-9,12H2. The molecule has 4 nitrogen and oxygen atoms in total. The molecule has 0 aromatic rings. The van der Waals surface area contributed by atoms with Crippen molar-refractivity contribution in [3.05, 3.63) is 0 Å². The molecule has 4 heteroatoms. The molecule has 0 spiro atoms. The molecule has 0 radical (unpaired) electrons. The van der Waals surface area contributed by atoms with Gasteiger partial charge in [-0.3, -0.25) is 4.90 Å². The number of hydrogen-bond donors (Lipinski definition) is 2. The minimum atomic E-state index is 0.151. The summed E-state index contributed by atoms with van der Waals surface area (Å²) in [5.74, 6) is 0. The van der Waals surface area contributed by atoms with Crippen LogP contribution in [0.4, 0.5) is 0 Å². The normalized spacial score (nSPS) is 37.6. The summed E-state index contributed by atoms with van der Waals surface area (Å²) < 4.78 is 5.46. The van der Waals surface area contributed by atoms with Crippen molar-refractivity contribution in [3.63, 3.8) is 0 Å². The van der Waals surface area contributed by atoms with Crippen LogP contribution in [0.5, 0.6) is 0 Å². The molecule has 2 fully saturated rings. The largest absolute Gasteiger partial charge is 0.395 e. The van der Waals surface area contributed by atoms with Gasteiger partial charge in [0.25, 0.3) is 0 Å². The van der Waals surface area contributed by atoms with Crippen LogP contribution in [0.1, 0.15) is 19.3 Å². The van der Waals surface area contributed by atoms with Crippen LogP contribution in [0.25, 0.3) is 0 Å². The maximum absolute atomic E-state index is 9.26. The smallest absolute Gasteiger partial charge is 0.0586 e. The van der Waals surface area contributed by atoms with E-state index in [9.17, 15) is 5.11 Å². The third-order valence-electron chi connectivity index (χ3n) is 3.87. The maximum atomic E-state index is 9.26. The highest BCUT2D eigenvalue weighted by molar-refractivity contribution is 4.91. The highest BCUT2D eigenvalue weighted by atomic mass is 16.5. The molecule has 3 N–H and O–H groups in total. The molecule has 2 unspecified atom stereocenters. The van der Waals surface area contributed by atoms with Crippen molar-refractivity contribution in [2.24, 2.45) is 11.1 Å². The van der Waals surface area contributed by atoms with Crippen LogP contribution in [0, 0.1) is 5.41 Å². The van der Waals surface area contributed by atoms with E-state index in [0.717, 1.165) is 39.1 Å². The van der Waals surface area contributed by atoms with Gasteiger partial charge in [0.2, 0.25) is 0 Å². The van der Waals surface area contributed by atoms with E-state index in [1.54, 1.807) is 0 Å². The first-order chi connectivity index (χ1) is 7.29. The fraction of sp³-hybridized carbons (Fsp3) is 1.00. The monoisotopic (exact) mass is 214 g/mol. The van der Waals surface area contributed by atoms with Gasteiger partial charge in [0.05, 0.1) is 13.2 Å². The van der Waals surface area contributed by atoms with E-state index in [2.05, 4.69) is 4.90 Å². The van der Waals surface area contributed by atoms with Gasteiger partial charge in [0, 0.05) is 31.2 Å². The van der Waals surface area contributed by atoms with E-state index in [4.69, 9.17) is 10.5 Å². The Morgan fingerprint density at radius 1 is 1.53 bits per heavy atom. The average molecular weight is 214 g/mol. The highest BCUT2D eigenvalue weighted by Gasteiger charge is 2.38. The summed E-state index contributed by atoms with van der Waals surface area (Å²) in [4.78, 5) is 2.39. The molecule has 15 heavy (non-hydrogen) atoms. The van der Waals surface area contributed by atoms with Crippen molar-refractivity contribution < 1.29 is 9.84 Å². The summed E-state index contributed by atoms with van der Waals surface area (Å²) in [5.41, 5.74) is 6.02. The van der Waals surface area contributed by atoms with Gasteiger partial charge in [-0.2, -0.15) is 0 Å². The Kier molecular flexibility index (Phi) is 3.61. The topological polar surface area (TPSA) is 58.7 Å². The lowest BCUT2D eigenvalue weighted by Gasteiger charge is -2.33. The zero-order valence-corrected chi connectivity index (χ0v) is 9.32. The first-order valence-electron chi connectivity index (χ1n) is 5.92. The van der Waals surface area contributed by atoms with E-state index in [1.165, 1.54) is 6.42 Å². The van der Waals surface area contributed by atoms with E-state index in [1.807, 2.05) is 0 Å². The molecule has 2 aliphatic heterocycles. The molecule has 0 saturated carbocycles. The highest BCUT2D eigenvalue weighted by Crippen LogP contribution is 2.31. The summed E-state index contributed by atoms with van der Waals surface area (Å²) in [6.45, 7) is 4.71. The summed E-state index contributed by atoms with van der Waals surface area (Å²) >= 11 is 0. The zero-order chi connectivity index (χ0) is 10.7. The lowest BCUT2D eigenvalue weighted by atomic mass is 9.86. The zero-order valence-electron chi connectivity index (χ0n) is 9.32. The van der Waals surface area contributed by atoms with Crippen molar-refractivity contribution in [2.75, 3.05) is 39.5 Å². The first kappa shape index (κ1) is 11.3. The van der Waals surface area contributed by atoms with Crippen LogP contribution in [-0.4, -0.2) is 55.5 Å². The fourth-order valence-electron chi connectivity index (χ4n) is 2.74. The molecule has 0 aromatic carbocycles. The quantitative estimate of drug-likeness (QED) is 0.681. The molecule has 0 bridgehead atoms. The van der Waals surface area contributed by atoms with E-state index in [-0.39, 0.29) is 12.0 Å². The average Bonchev–Trinajstić information content (AvgIpc) is 2.88. The van der Waals surface area contributed by atoms with Gasteiger partial charge < -0.3 is 15.6 Å². The lowest BCUT2D eigenvalue weighted by Crippen LogP contribution is -2.45. The number of likely N-dealkylation sites (tertiary alicyclic amines) is 1. The SMILES string of the molecule is NCC1(CN2CCCC2CO)CCOC1. The van der Waals surface area contributed by atoms with Crippen molar-refractivity contribution >= 4 is 0 Å². The minimum Gasteiger partial charge on any atom is -0.395 e. The predicted molar refractivity (Wildman–Crippen MR) is 58.6 cm³/mol. The number of nitrogens with two attached hydrogens (primary N) is 1. The fourth-order valence-corrected chi connectivity index (χ4v) is 2.74. The van der Waals surface area contributed by atoms with Crippen LogP contribution in [0.3, 0.4) is 0 Å². The Bertz CT molecular complexity index is 205. The molecule has 0 aliphatic carbocycles. The van der Waals surface area contributed by atoms with Crippen LogP contribution in [0.15, 0.2) is 0 Å². The second-order valence-electron chi connectivity index (χ2n) is 4.96. The summed E-state index contributed by atoms with van der Waals surface area (Å²) in [5, 5.41) is 9.26. The summed E-state index contributed by atoms with van der Waals surface area (Å²) in [6.07, 6.45) is 3.39. The van der Waals surface area contributed by atoms with Crippen LogP contribution < -0.4 is 5.73 Å². The first-order valence-corrected chi connectivity index (χ1v) is 5.92. The lowest BCUT2D eigenvalue weighted by molar-refractivity contribution is 0.0880. The molecule has 2 atom stereocenters. The Labute approximate surface area is 91.4 Å². The van der Waals surface area contributed by atoms with Crippen LogP contribution in [-0.2, 0) is 4.74 Å². The molecule has 2 rings (SSSR count).